The third kappa shape index (κ3) is 4.01. The van der Waals surface area contributed by atoms with Crippen molar-refractivity contribution in [2.24, 2.45) is 0 Å². The standard InChI is InChI=1S/C9H14BrNO4S2/c1-6-7(4-8(10)16-6)17(12,13)11-5-9(14-2)15-3/h4,9,11H,5H2,1-3H3. The van der Waals surface area contributed by atoms with Gasteiger partial charge in [0.25, 0.3) is 0 Å². The normalized spacial score (nSPS) is 12.3. The minimum atomic E-state index is -3.51. The van der Waals surface area contributed by atoms with Gasteiger partial charge in [-0.2, -0.15) is 0 Å². The molecule has 0 spiro atoms. The smallest absolute Gasteiger partial charge is 0.241 e. The van der Waals surface area contributed by atoms with E-state index in [-0.39, 0.29) is 11.4 Å². The average Bonchev–Trinajstić information content (AvgIpc) is 2.60. The summed E-state index contributed by atoms with van der Waals surface area (Å²) in [5.41, 5.74) is 0. The topological polar surface area (TPSA) is 64.6 Å². The molecule has 1 N–H and O–H groups in total. The second kappa shape index (κ2) is 6.26. The molecule has 0 saturated carbocycles. The monoisotopic (exact) mass is 343 g/mol. The first-order valence-electron chi connectivity index (χ1n) is 4.72. The molecule has 0 aliphatic carbocycles. The van der Waals surface area contributed by atoms with Crippen LogP contribution in [0, 0.1) is 6.92 Å². The lowest BCUT2D eigenvalue weighted by Gasteiger charge is -2.14. The van der Waals surface area contributed by atoms with Crippen LogP contribution in [0.4, 0.5) is 0 Å². The Morgan fingerprint density at radius 2 is 2.06 bits per heavy atom. The maximum absolute atomic E-state index is 12.0. The molecular formula is C9H14BrNO4S2. The van der Waals surface area contributed by atoms with E-state index in [1.54, 1.807) is 13.0 Å². The van der Waals surface area contributed by atoms with E-state index in [0.717, 1.165) is 8.66 Å². The zero-order valence-corrected chi connectivity index (χ0v) is 12.9. The van der Waals surface area contributed by atoms with Crippen LogP contribution in [0.3, 0.4) is 0 Å². The molecule has 0 radical (unpaired) electrons. The lowest BCUT2D eigenvalue weighted by Crippen LogP contribution is -2.34. The van der Waals surface area contributed by atoms with Crippen LogP contribution in [-0.2, 0) is 19.5 Å². The van der Waals surface area contributed by atoms with Crippen LogP contribution in [0.25, 0.3) is 0 Å². The van der Waals surface area contributed by atoms with E-state index in [1.807, 2.05) is 0 Å². The lowest BCUT2D eigenvalue weighted by atomic mass is 10.5. The highest BCUT2D eigenvalue weighted by molar-refractivity contribution is 9.11. The summed E-state index contributed by atoms with van der Waals surface area (Å²) in [4.78, 5) is 1.01. The molecule has 1 rings (SSSR count). The highest BCUT2D eigenvalue weighted by atomic mass is 79.9. The van der Waals surface area contributed by atoms with Crippen LogP contribution in [0.1, 0.15) is 4.88 Å². The van der Waals surface area contributed by atoms with Crippen molar-refractivity contribution in [3.8, 4) is 0 Å². The van der Waals surface area contributed by atoms with Gasteiger partial charge >= 0.3 is 0 Å². The quantitative estimate of drug-likeness (QED) is 0.798. The highest BCUT2D eigenvalue weighted by Gasteiger charge is 2.20. The van der Waals surface area contributed by atoms with E-state index in [0.29, 0.717) is 0 Å². The van der Waals surface area contributed by atoms with Crippen molar-refractivity contribution < 1.29 is 17.9 Å². The van der Waals surface area contributed by atoms with Gasteiger partial charge in [-0.05, 0) is 28.9 Å². The minimum Gasteiger partial charge on any atom is -0.355 e. The van der Waals surface area contributed by atoms with E-state index >= 15 is 0 Å². The van der Waals surface area contributed by atoms with Crippen LogP contribution in [-0.4, -0.2) is 35.5 Å². The average molecular weight is 344 g/mol. The molecule has 0 amide bonds. The molecule has 5 nitrogen and oxygen atoms in total. The number of hydrogen-bond donors (Lipinski definition) is 1. The summed E-state index contributed by atoms with van der Waals surface area (Å²) in [5.74, 6) is 0. The summed E-state index contributed by atoms with van der Waals surface area (Å²) in [5, 5.41) is 0. The van der Waals surface area contributed by atoms with Crippen molar-refractivity contribution in [2.45, 2.75) is 18.1 Å². The summed E-state index contributed by atoms with van der Waals surface area (Å²) in [7, 11) is -0.608. The van der Waals surface area contributed by atoms with Crippen LogP contribution >= 0.6 is 27.3 Å². The number of ether oxygens (including phenoxy) is 2. The zero-order valence-electron chi connectivity index (χ0n) is 9.69. The van der Waals surface area contributed by atoms with Gasteiger partial charge in [0.1, 0.15) is 0 Å². The van der Waals surface area contributed by atoms with Gasteiger partial charge < -0.3 is 9.47 Å². The fraction of sp³-hybridized carbons (Fsp3) is 0.556. The van der Waals surface area contributed by atoms with Gasteiger partial charge in [-0.25, -0.2) is 13.1 Å². The zero-order chi connectivity index (χ0) is 13.1. The molecule has 8 heteroatoms. The lowest BCUT2D eigenvalue weighted by molar-refractivity contribution is -0.0960. The van der Waals surface area contributed by atoms with E-state index in [2.05, 4.69) is 20.7 Å². The number of sulfonamides is 1. The number of halogens is 1. The summed E-state index contributed by atoms with van der Waals surface area (Å²) in [6.07, 6.45) is -0.591. The number of methoxy groups -OCH3 is 2. The molecule has 0 atom stereocenters. The van der Waals surface area contributed by atoms with Gasteiger partial charge in [0.2, 0.25) is 10.0 Å². The largest absolute Gasteiger partial charge is 0.355 e. The SMILES string of the molecule is COC(CNS(=O)(=O)c1cc(Br)sc1C)OC. The van der Waals surface area contributed by atoms with Crippen molar-refractivity contribution in [1.29, 1.82) is 0 Å². The molecule has 98 valence electrons. The Bertz CT molecular complexity index is 467. The molecule has 0 aromatic carbocycles. The van der Waals surface area contributed by atoms with E-state index in [4.69, 9.17) is 9.47 Å². The van der Waals surface area contributed by atoms with Gasteiger partial charge in [0.05, 0.1) is 15.2 Å². The fourth-order valence-electron chi connectivity index (χ4n) is 1.22. The number of rotatable bonds is 6. The second-order valence-corrected chi connectivity index (χ2v) is 7.59. The number of thiophene rings is 1. The fourth-order valence-corrected chi connectivity index (χ4v) is 4.64. The molecule has 0 unspecified atom stereocenters. The summed E-state index contributed by atoms with van der Waals surface area (Å²) in [6.45, 7) is 1.83. The number of aryl methyl sites for hydroxylation is 1. The molecule has 0 aliphatic rings. The second-order valence-electron chi connectivity index (χ2n) is 3.22. The molecule has 0 aliphatic heterocycles. The van der Waals surface area contributed by atoms with E-state index < -0.39 is 16.3 Å². The molecule has 17 heavy (non-hydrogen) atoms. The first-order chi connectivity index (χ1) is 7.90. The molecular weight excluding hydrogens is 330 g/mol. The Morgan fingerprint density at radius 1 is 1.47 bits per heavy atom. The summed E-state index contributed by atoms with van der Waals surface area (Å²) >= 11 is 4.64. The van der Waals surface area contributed by atoms with Gasteiger partial charge in [0, 0.05) is 19.1 Å². The Kier molecular flexibility index (Phi) is 5.55. The van der Waals surface area contributed by atoms with Crippen LogP contribution in [0.5, 0.6) is 0 Å². The maximum Gasteiger partial charge on any atom is 0.241 e. The van der Waals surface area contributed by atoms with Crippen LogP contribution in [0.15, 0.2) is 14.7 Å². The van der Waals surface area contributed by atoms with Crippen LogP contribution < -0.4 is 4.72 Å². The Hall–Kier alpha value is 0.01000. The van der Waals surface area contributed by atoms with Gasteiger partial charge in [-0.1, -0.05) is 0 Å². The first-order valence-corrected chi connectivity index (χ1v) is 7.81. The van der Waals surface area contributed by atoms with Gasteiger partial charge in [-0.3, -0.25) is 0 Å². The Morgan fingerprint density at radius 3 is 2.47 bits per heavy atom. The molecule has 0 bridgehead atoms. The molecule has 0 fully saturated rings. The molecule has 1 heterocycles. The van der Waals surface area contributed by atoms with Crippen molar-refractivity contribution in [3.63, 3.8) is 0 Å². The van der Waals surface area contributed by atoms with Crippen molar-refractivity contribution >= 4 is 37.3 Å². The summed E-state index contributed by atoms with van der Waals surface area (Å²) in [6, 6.07) is 1.58. The van der Waals surface area contributed by atoms with Crippen molar-refractivity contribution in [1.82, 2.24) is 4.72 Å². The third-order valence-corrected chi connectivity index (χ3v) is 5.33. The highest BCUT2D eigenvalue weighted by Crippen LogP contribution is 2.29. The molecule has 0 saturated heterocycles. The third-order valence-electron chi connectivity index (χ3n) is 2.10. The number of hydrogen-bond acceptors (Lipinski definition) is 5. The molecule has 1 aromatic heterocycles. The Labute approximate surface area is 113 Å². The summed E-state index contributed by atoms with van der Waals surface area (Å²) < 4.78 is 37.0. The molecule has 1 aromatic rings. The van der Waals surface area contributed by atoms with Crippen LogP contribution in [0.2, 0.25) is 0 Å². The minimum absolute atomic E-state index is 0.0717. The van der Waals surface area contributed by atoms with Gasteiger partial charge in [0.15, 0.2) is 6.29 Å². The predicted molar refractivity (Wildman–Crippen MR) is 69.8 cm³/mol. The van der Waals surface area contributed by atoms with Crippen molar-refractivity contribution in [3.05, 3.63) is 14.7 Å². The predicted octanol–water partition coefficient (Wildman–Crippen LogP) is 1.72. The van der Waals surface area contributed by atoms with E-state index in [9.17, 15) is 8.42 Å². The first kappa shape index (κ1) is 15.1. The maximum atomic E-state index is 12.0. The van der Waals surface area contributed by atoms with Gasteiger partial charge in [-0.15, -0.1) is 11.3 Å². The van der Waals surface area contributed by atoms with Crippen molar-refractivity contribution in [2.75, 3.05) is 20.8 Å². The number of nitrogens with one attached hydrogen (secondary N) is 1. The Balaban J connectivity index is 2.79. The van der Waals surface area contributed by atoms with E-state index in [1.165, 1.54) is 25.6 Å².